The van der Waals surface area contributed by atoms with Crippen LogP contribution in [0.5, 0.6) is 0 Å². The van der Waals surface area contributed by atoms with Crippen LogP contribution in [0.1, 0.15) is 34.9 Å². The van der Waals surface area contributed by atoms with Crippen LogP contribution in [-0.2, 0) is 24.8 Å². The minimum Gasteiger partial charge on any atom is -0.349 e. The second-order valence-electron chi connectivity index (χ2n) is 7.17. The molecule has 1 amide bonds. The van der Waals surface area contributed by atoms with Gasteiger partial charge < -0.3 is 9.88 Å². The van der Waals surface area contributed by atoms with Gasteiger partial charge in [0.15, 0.2) is 5.65 Å². The Bertz CT molecular complexity index is 1190. The van der Waals surface area contributed by atoms with Gasteiger partial charge in [0.25, 0.3) is 0 Å². The molecule has 7 nitrogen and oxygen atoms in total. The summed E-state index contributed by atoms with van der Waals surface area (Å²) >= 11 is 0. The number of benzene rings is 1. The van der Waals surface area contributed by atoms with Crippen LogP contribution in [0.3, 0.4) is 0 Å². The SMILES string of the molecule is Cc1cc2nc(C)c(CCC(=O)NCc3nc4ccccc4n3C)c(C)n2n1. The lowest BCUT2D eigenvalue weighted by Crippen LogP contribution is -2.25. The first-order valence-corrected chi connectivity index (χ1v) is 9.43. The predicted molar refractivity (Wildman–Crippen MR) is 108 cm³/mol. The zero-order chi connectivity index (χ0) is 19.8. The van der Waals surface area contributed by atoms with Crippen molar-refractivity contribution in [3.63, 3.8) is 0 Å². The Morgan fingerprint density at radius 1 is 1.14 bits per heavy atom. The van der Waals surface area contributed by atoms with E-state index in [-0.39, 0.29) is 5.91 Å². The van der Waals surface area contributed by atoms with Crippen LogP contribution in [0.4, 0.5) is 0 Å². The first-order chi connectivity index (χ1) is 13.4. The van der Waals surface area contributed by atoms with Crippen molar-refractivity contribution in [2.45, 2.75) is 40.2 Å². The fourth-order valence-corrected chi connectivity index (χ4v) is 3.66. The number of carbonyl (C=O) groups is 1. The molecule has 0 radical (unpaired) electrons. The van der Waals surface area contributed by atoms with Gasteiger partial charge in [-0.3, -0.25) is 4.79 Å². The summed E-state index contributed by atoms with van der Waals surface area (Å²) in [6.45, 7) is 6.39. The van der Waals surface area contributed by atoms with Crippen molar-refractivity contribution in [2.75, 3.05) is 0 Å². The Kier molecular flexibility index (Phi) is 4.58. The van der Waals surface area contributed by atoms with Crippen LogP contribution in [0.15, 0.2) is 30.3 Å². The molecule has 0 aliphatic carbocycles. The third kappa shape index (κ3) is 3.24. The van der Waals surface area contributed by atoms with Crippen molar-refractivity contribution in [3.8, 4) is 0 Å². The van der Waals surface area contributed by atoms with Crippen molar-refractivity contribution < 1.29 is 4.79 Å². The molecule has 1 N–H and O–H groups in total. The number of aryl methyl sites for hydroxylation is 4. The molecule has 3 heterocycles. The number of hydrogen-bond acceptors (Lipinski definition) is 4. The van der Waals surface area contributed by atoms with Gasteiger partial charge in [0.1, 0.15) is 5.82 Å². The van der Waals surface area contributed by atoms with Gasteiger partial charge >= 0.3 is 0 Å². The van der Waals surface area contributed by atoms with Crippen LogP contribution >= 0.6 is 0 Å². The van der Waals surface area contributed by atoms with Gasteiger partial charge in [-0.2, -0.15) is 5.10 Å². The zero-order valence-electron chi connectivity index (χ0n) is 16.7. The molecule has 0 bridgehead atoms. The topological polar surface area (TPSA) is 77.1 Å². The molecule has 0 aliphatic heterocycles. The van der Waals surface area contributed by atoms with Crippen LogP contribution < -0.4 is 5.32 Å². The Hall–Kier alpha value is -3.22. The minimum atomic E-state index is 0.00241. The largest absolute Gasteiger partial charge is 0.349 e. The molecular formula is C21H24N6O. The molecule has 3 aromatic heterocycles. The lowest BCUT2D eigenvalue weighted by atomic mass is 10.1. The van der Waals surface area contributed by atoms with E-state index in [2.05, 4.69) is 20.4 Å². The summed E-state index contributed by atoms with van der Waals surface area (Å²) in [6, 6.07) is 9.93. The molecular weight excluding hydrogens is 352 g/mol. The lowest BCUT2D eigenvalue weighted by molar-refractivity contribution is -0.121. The monoisotopic (exact) mass is 376 g/mol. The molecule has 4 aromatic rings. The van der Waals surface area contributed by atoms with Gasteiger partial charge in [-0.25, -0.2) is 14.5 Å². The Labute approximate surface area is 163 Å². The van der Waals surface area contributed by atoms with Gasteiger partial charge in [-0.05, 0) is 44.9 Å². The van der Waals surface area contributed by atoms with Crippen molar-refractivity contribution >= 4 is 22.6 Å². The van der Waals surface area contributed by atoms with Gasteiger partial charge in [0.2, 0.25) is 5.91 Å². The first kappa shape index (κ1) is 18.2. The summed E-state index contributed by atoms with van der Waals surface area (Å²) in [6.07, 6.45) is 1.03. The molecule has 28 heavy (non-hydrogen) atoms. The van der Waals surface area contributed by atoms with Crippen LogP contribution in [0, 0.1) is 20.8 Å². The number of hydrogen-bond donors (Lipinski definition) is 1. The average molecular weight is 376 g/mol. The molecule has 0 fully saturated rings. The first-order valence-electron chi connectivity index (χ1n) is 9.43. The van der Waals surface area contributed by atoms with Crippen molar-refractivity contribution in [1.29, 1.82) is 0 Å². The average Bonchev–Trinajstić information content (AvgIpc) is 3.19. The van der Waals surface area contributed by atoms with E-state index in [9.17, 15) is 4.79 Å². The van der Waals surface area contributed by atoms with E-state index >= 15 is 0 Å². The molecule has 0 atom stereocenters. The van der Waals surface area contributed by atoms with E-state index in [1.165, 1.54) is 0 Å². The number of aromatic nitrogens is 5. The summed E-state index contributed by atoms with van der Waals surface area (Å²) in [5.74, 6) is 0.847. The van der Waals surface area contributed by atoms with E-state index in [4.69, 9.17) is 0 Å². The van der Waals surface area contributed by atoms with Crippen molar-refractivity contribution in [1.82, 2.24) is 29.5 Å². The van der Waals surface area contributed by atoms with Gasteiger partial charge in [0.05, 0.1) is 23.3 Å². The maximum Gasteiger partial charge on any atom is 0.220 e. The smallest absolute Gasteiger partial charge is 0.220 e. The maximum atomic E-state index is 12.4. The van der Waals surface area contributed by atoms with Crippen molar-refractivity contribution in [2.24, 2.45) is 7.05 Å². The van der Waals surface area contributed by atoms with E-state index < -0.39 is 0 Å². The second-order valence-corrected chi connectivity index (χ2v) is 7.17. The number of para-hydroxylation sites is 2. The third-order valence-corrected chi connectivity index (χ3v) is 5.21. The van der Waals surface area contributed by atoms with Crippen LogP contribution in [0.2, 0.25) is 0 Å². The fraction of sp³-hybridized carbons (Fsp3) is 0.333. The normalized spacial score (nSPS) is 11.4. The number of nitrogens with zero attached hydrogens (tertiary/aromatic N) is 5. The summed E-state index contributed by atoms with van der Waals surface area (Å²) in [5.41, 5.74) is 6.86. The summed E-state index contributed by atoms with van der Waals surface area (Å²) in [7, 11) is 1.97. The highest BCUT2D eigenvalue weighted by Crippen LogP contribution is 2.17. The maximum absolute atomic E-state index is 12.4. The number of nitrogens with one attached hydrogen (secondary N) is 1. The zero-order valence-corrected chi connectivity index (χ0v) is 16.7. The molecule has 4 rings (SSSR count). The summed E-state index contributed by atoms with van der Waals surface area (Å²) in [4.78, 5) is 21.6. The van der Waals surface area contributed by atoms with Crippen molar-refractivity contribution in [3.05, 3.63) is 58.8 Å². The minimum absolute atomic E-state index is 0.00241. The molecule has 0 unspecified atom stereocenters. The predicted octanol–water partition coefficient (Wildman–Crippen LogP) is 2.79. The highest BCUT2D eigenvalue weighted by molar-refractivity contribution is 5.77. The van der Waals surface area contributed by atoms with Crippen LogP contribution in [-0.4, -0.2) is 30.1 Å². The molecule has 1 aromatic carbocycles. The summed E-state index contributed by atoms with van der Waals surface area (Å²) < 4.78 is 3.87. The highest BCUT2D eigenvalue weighted by Gasteiger charge is 2.13. The Balaban J connectivity index is 1.43. The number of fused-ring (bicyclic) bond motifs is 2. The number of carbonyl (C=O) groups excluding carboxylic acids is 1. The second kappa shape index (κ2) is 7.07. The molecule has 0 saturated carbocycles. The molecule has 0 aliphatic rings. The quantitative estimate of drug-likeness (QED) is 0.581. The van der Waals surface area contributed by atoms with Gasteiger partial charge in [-0.15, -0.1) is 0 Å². The molecule has 144 valence electrons. The Morgan fingerprint density at radius 2 is 1.93 bits per heavy atom. The van der Waals surface area contributed by atoms with E-state index in [0.29, 0.717) is 19.4 Å². The van der Waals surface area contributed by atoms with Gasteiger partial charge in [0, 0.05) is 30.9 Å². The number of imidazole rings is 1. The van der Waals surface area contributed by atoms with Gasteiger partial charge in [-0.1, -0.05) is 12.1 Å². The third-order valence-electron chi connectivity index (χ3n) is 5.21. The molecule has 7 heteroatoms. The van der Waals surface area contributed by atoms with E-state index in [1.54, 1.807) is 0 Å². The summed E-state index contributed by atoms with van der Waals surface area (Å²) in [5, 5.41) is 7.48. The van der Waals surface area contributed by atoms with Crippen LogP contribution in [0.25, 0.3) is 16.7 Å². The molecule has 0 spiro atoms. The standard InChI is InChI=1S/C21H24N6O/c1-13-11-19-23-14(2)16(15(3)27(19)25-13)9-10-21(28)22-12-20-24-17-7-5-6-8-18(17)26(20)4/h5-8,11H,9-10,12H2,1-4H3,(H,22,28). The highest BCUT2D eigenvalue weighted by atomic mass is 16.1. The van der Waals surface area contributed by atoms with E-state index in [0.717, 1.165) is 45.2 Å². The Morgan fingerprint density at radius 3 is 2.71 bits per heavy atom. The molecule has 0 saturated heterocycles. The lowest BCUT2D eigenvalue weighted by Gasteiger charge is -2.11. The number of amides is 1. The van der Waals surface area contributed by atoms with E-state index in [1.807, 2.05) is 67.2 Å². The fourth-order valence-electron chi connectivity index (χ4n) is 3.66. The number of rotatable bonds is 5.